The normalized spacial score (nSPS) is 14.7. The highest BCUT2D eigenvalue weighted by atomic mass is 16.4. The highest BCUT2D eigenvalue weighted by molar-refractivity contribution is 5.68. The van der Waals surface area contributed by atoms with Gasteiger partial charge in [0.15, 0.2) is 0 Å². The molecule has 0 spiro atoms. The molecule has 1 unspecified atom stereocenters. The number of aliphatic carboxylic acids is 1. The number of hydrogen-bond donors (Lipinski definition) is 2. The topological polar surface area (TPSA) is 49.3 Å². The van der Waals surface area contributed by atoms with E-state index in [0.29, 0.717) is 0 Å². The van der Waals surface area contributed by atoms with E-state index in [0.717, 1.165) is 5.56 Å². The SMILES string of the molecule is CNC(C)(CC(=O)O)c1ccccc1. The van der Waals surface area contributed by atoms with Crippen molar-refractivity contribution in [2.24, 2.45) is 0 Å². The van der Waals surface area contributed by atoms with Gasteiger partial charge in [-0.25, -0.2) is 0 Å². The lowest BCUT2D eigenvalue weighted by Gasteiger charge is -2.27. The average Bonchev–Trinajstić information content (AvgIpc) is 2.18. The number of carboxylic acids is 1. The van der Waals surface area contributed by atoms with Crippen LogP contribution in [0.25, 0.3) is 0 Å². The average molecular weight is 193 g/mol. The van der Waals surface area contributed by atoms with Crippen molar-refractivity contribution in [2.75, 3.05) is 7.05 Å². The van der Waals surface area contributed by atoms with Crippen molar-refractivity contribution < 1.29 is 9.90 Å². The van der Waals surface area contributed by atoms with E-state index in [2.05, 4.69) is 5.32 Å². The summed E-state index contributed by atoms with van der Waals surface area (Å²) in [5.41, 5.74) is 0.498. The van der Waals surface area contributed by atoms with Crippen LogP contribution in [0.4, 0.5) is 0 Å². The van der Waals surface area contributed by atoms with Gasteiger partial charge in [-0.2, -0.15) is 0 Å². The van der Waals surface area contributed by atoms with Crippen molar-refractivity contribution in [2.45, 2.75) is 18.9 Å². The van der Waals surface area contributed by atoms with Gasteiger partial charge >= 0.3 is 5.97 Å². The van der Waals surface area contributed by atoms with Crippen LogP contribution in [0.1, 0.15) is 18.9 Å². The Balaban J connectivity index is 2.95. The van der Waals surface area contributed by atoms with Crippen LogP contribution in [0.3, 0.4) is 0 Å². The van der Waals surface area contributed by atoms with Crippen LogP contribution in [0.2, 0.25) is 0 Å². The maximum absolute atomic E-state index is 10.7. The van der Waals surface area contributed by atoms with Gasteiger partial charge in [0.05, 0.1) is 12.0 Å². The van der Waals surface area contributed by atoms with E-state index >= 15 is 0 Å². The molecule has 1 aromatic rings. The molecule has 0 fully saturated rings. The second kappa shape index (κ2) is 4.24. The molecule has 3 heteroatoms. The summed E-state index contributed by atoms with van der Waals surface area (Å²) in [6, 6.07) is 9.60. The van der Waals surface area contributed by atoms with E-state index in [1.165, 1.54) is 0 Å². The lowest BCUT2D eigenvalue weighted by atomic mass is 9.89. The third kappa shape index (κ3) is 2.33. The Labute approximate surface area is 83.8 Å². The van der Waals surface area contributed by atoms with E-state index in [1.807, 2.05) is 37.3 Å². The first-order valence-electron chi connectivity index (χ1n) is 4.55. The van der Waals surface area contributed by atoms with E-state index < -0.39 is 11.5 Å². The van der Waals surface area contributed by atoms with Gasteiger partial charge in [-0.1, -0.05) is 30.3 Å². The Bertz CT molecular complexity index is 310. The van der Waals surface area contributed by atoms with Crippen molar-refractivity contribution in [3.8, 4) is 0 Å². The molecule has 1 aromatic carbocycles. The highest BCUT2D eigenvalue weighted by Gasteiger charge is 2.27. The minimum Gasteiger partial charge on any atom is -0.481 e. The second-order valence-electron chi connectivity index (χ2n) is 3.52. The van der Waals surface area contributed by atoms with Crippen LogP contribution in [-0.4, -0.2) is 18.1 Å². The summed E-state index contributed by atoms with van der Waals surface area (Å²) in [7, 11) is 1.77. The first kappa shape index (κ1) is 10.7. The molecule has 3 nitrogen and oxygen atoms in total. The molecule has 0 amide bonds. The zero-order valence-corrected chi connectivity index (χ0v) is 8.45. The Hall–Kier alpha value is -1.35. The Morgan fingerprint density at radius 3 is 2.43 bits per heavy atom. The second-order valence-corrected chi connectivity index (χ2v) is 3.52. The summed E-state index contributed by atoms with van der Waals surface area (Å²) in [5, 5.41) is 11.8. The fourth-order valence-corrected chi connectivity index (χ4v) is 1.44. The van der Waals surface area contributed by atoms with Crippen molar-refractivity contribution in [1.82, 2.24) is 5.32 Å². The molecular weight excluding hydrogens is 178 g/mol. The predicted octanol–water partition coefficient (Wildman–Crippen LogP) is 1.60. The number of carboxylic acid groups (broad SMARTS) is 1. The Kier molecular flexibility index (Phi) is 3.25. The summed E-state index contributed by atoms with van der Waals surface area (Å²) in [5.74, 6) is -0.800. The van der Waals surface area contributed by atoms with Gasteiger partial charge in [0.1, 0.15) is 0 Å². The number of benzene rings is 1. The van der Waals surface area contributed by atoms with Crippen molar-refractivity contribution in [3.05, 3.63) is 35.9 Å². The molecule has 0 bridgehead atoms. The first-order chi connectivity index (χ1) is 6.58. The van der Waals surface area contributed by atoms with Crippen LogP contribution >= 0.6 is 0 Å². The number of hydrogen-bond acceptors (Lipinski definition) is 2. The lowest BCUT2D eigenvalue weighted by molar-refractivity contribution is -0.138. The highest BCUT2D eigenvalue weighted by Crippen LogP contribution is 2.23. The lowest BCUT2D eigenvalue weighted by Crippen LogP contribution is -2.38. The number of carbonyl (C=O) groups is 1. The smallest absolute Gasteiger partial charge is 0.305 e. The van der Waals surface area contributed by atoms with Crippen LogP contribution in [-0.2, 0) is 10.3 Å². The maximum Gasteiger partial charge on any atom is 0.305 e. The number of nitrogens with one attached hydrogen (secondary N) is 1. The van der Waals surface area contributed by atoms with Gasteiger partial charge in [0.2, 0.25) is 0 Å². The van der Waals surface area contributed by atoms with Gasteiger partial charge in [-0.3, -0.25) is 4.79 Å². The molecule has 1 rings (SSSR count). The molecule has 0 radical (unpaired) electrons. The minimum absolute atomic E-state index is 0.0769. The van der Waals surface area contributed by atoms with Gasteiger partial charge < -0.3 is 10.4 Å². The van der Waals surface area contributed by atoms with E-state index in [1.54, 1.807) is 7.05 Å². The van der Waals surface area contributed by atoms with Gasteiger partial charge in [-0.15, -0.1) is 0 Å². The molecule has 0 aromatic heterocycles. The fourth-order valence-electron chi connectivity index (χ4n) is 1.44. The third-order valence-electron chi connectivity index (χ3n) is 2.47. The summed E-state index contributed by atoms with van der Waals surface area (Å²) >= 11 is 0. The molecule has 0 aliphatic heterocycles. The summed E-state index contributed by atoms with van der Waals surface area (Å²) in [4.78, 5) is 10.7. The van der Waals surface area contributed by atoms with Crippen LogP contribution in [0.15, 0.2) is 30.3 Å². The predicted molar refractivity (Wildman–Crippen MR) is 55.1 cm³/mol. The van der Waals surface area contributed by atoms with Crippen LogP contribution < -0.4 is 5.32 Å². The number of rotatable bonds is 4. The van der Waals surface area contributed by atoms with E-state index in [9.17, 15) is 4.79 Å². The van der Waals surface area contributed by atoms with Gasteiger partial charge in [0, 0.05) is 0 Å². The zero-order valence-electron chi connectivity index (χ0n) is 8.45. The molecule has 2 N–H and O–H groups in total. The summed E-state index contributed by atoms with van der Waals surface area (Å²) in [6.07, 6.45) is 0.0769. The summed E-state index contributed by atoms with van der Waals surface area (Å²) < 4.78 is 0. The van der Waals surface area contributed by atoms with Crippen molar-refractivity contribution >= 4 is 5.97 Å². The van der Waals surface area contributed by atoms with E-state index in [4.69, 9.17) is 5.11 Å². The van der Waals surface area contributed by atoms with Crippen molar-refractivity contribution in [3.63, 3.8) is 0 Å². The molecule has 76 valence electrons. The molecule has 0 saturated heterocycles. The first-order valence-corrected chi connectivity index (χ1v) is 4.55. The van der Waals surface area contributed by atoms with Crippen LogP contribution in [0.5, 0.6) is 0 Å². The van der Waals surface area contributed by atoms with Gasteiger partial charge in [-0.05, 0) is 19.5 Å². The standard InChI is InChI=1S/C11H15NO2/c1-11(12-2,8-10(13)14)9-6-4-3-5-7-9/h3-7,12H,8H2,1-2H3,(H,13,14). The molecule has 0 aliphatic rings. The van der Waals surface area contributed by atoms with Gasteiger partial charge in [0.25, 0.3) is 0 Å². The Morgan fingerprint density at radius 1 is 1.43 bits per heavy atom. The molecule has 0 saturated carbocycles. The molecule has 1 atom stereocenters. The molecule has 14 heavy (non-hydrogen) atoms. The minimum atomic E-state index is -0.800. The summed E-state index contributed by atoms with van der Waals surface area (Å²) in [6.45, 7) is 1.89. The Morgan fingerprint density at radius 2 is 2.00 bits per heavy atom. The molecule has 0 aliphatic carbocycles. The zero-order chi connectivity index (χ0) is 10.6. The largest absolute Gasteiger partial charge is 0.481 e. The fraction of sp³-hybridized carbons (Fsp3) is 0.364. The van der Waals surface area contributed by atoms with E-state index in [-0.39, 0.29) is 6.42 Å². The monoisotopic (exact) mass is 193 g/mol. The molecule has 0 heterocycles. The van der Waals surface area contributed by atoms with Crippen LogP contribution in [0, 0.1) is 0 Å². The maximum atomic E-state index is 10.7. The molecular formula is C11H15NO2. The van der Waals surface area contributed by atoms with Crippen molar-refractivity contribution in [1.29, 1.82) is 0 Å². The quantitative estimate of drug-likeness (QED) is 0.763. The third-order valence-corrected chi connectivity index (χ3v) is 2.47.